The summed E-state index contributed by atoms with van der Waals surface area (Å²) in [7, 11) is 0. The second kappa shape index (κ2) is 5.87. The highest BCUT2D eigenvalue weighted by Gasteiger charge is 2.17. The van der Waals surface area contributed by atoms with Crippen molar-refractivity contribution >= 4 is 5.97 Å². The van der Waals surface area contributed by atoms with Crippen LogP contribution in [0.1, 0.15) is 24.5 Å². The normalized spacial score (nSPS) is 15.2. The molecule has 0 spiro atoms. The molecule has 1 aromatic rings. The lowest BCUT2D eigenvalue weighted by Crippen LogP contribution is -2.32. The fraction of sp³-hybridized carbons (Fsp3) is 0.500. The molecule has 4 heteroatoms. The molecule has 0 bridgehead atoms. The molecular weight excluding hydrogens is 230 g/mol. The molecule has 4 nitrogen and oxygen atoms in total. The van der Waals surface area contributed by atoms with E-state index in [1.807, 2.05) is 19.1 Å². The summed E-state index contributed by atoms with van der Waals surface area (Å²) in [5.41, 5.74) is 2.45. The van der Waals surface area contributed by atoms with Gasteiger partial charge in [-0.1, -0.05) is 6.07 Å². The number of ether oxygens (including phenoxy) is 1. The van der Waals surface area contributed by atoms with Crippen molar-refractivity contribution in [3.63, 3.8) is 0 Å². The molecule has 0 atom stereocenters. The number of hydrogen-bond acceptors (Lipinski definition) is 4. The predicted octanol–water partition coefficient (Wildman–Crippen LogP) is 1.70. The predicted molar refractivity (Wildman–Crippen MR) is 68.3 cm³/mol. The third-order valence-corrected chi connectivity index (χ3v) is 3.22. The van der Waals surface area contributed by atoms with Gasteiger partial charge in [-0.3, -0.25) is 9.69 Å². The zero-order valence-electron chi connectivity index (χ0n) is 10.7. The monoisotopic (exact) mass is 249 g/mol. The van der Waals surface area contributed by atoms with E-state index in [0.717, 1.165) is 26.1 Å². The molecular formula is C14H19NO3. The Hall–Kier alpha value is -1.55. The first-order valence-electron chi connectivity index (χ1n) is 6.38. The van der Waals surface area contributed by atoms with Crippen LogP contribution in [0.25, 0.3) is 0 Å². The van der Waals surface area contributed by atoms with Crippen LogP contribution in [0.3, 0.4) is 0 Å². The summed E-state index contributed by atoms with van der Waals surface area (Å²) in [5, 5.41) is 9.41. The standard InChI is InChI=1S/C14H19NO3/c1-2-18-14(17)6-8-15-7-5-11-9-13(16)4-3-12(11)10-15/h3-4,9,16H,2,5-8,10H2,1H3. The molecule has 0 fully saturated rings. The SMILES string of the molecule is CCOC(=O)CCN1CCc2cc(O)ccc2C1. The van der Waals surface area contributed by atoms with Gasteiger partial charge in [-0.25, -0.2) is 0 Å². The average Bonchev–Trinajstić information content (AvgIpc) is 2.36. The van der Waals surface area contributed by atoms with Gasteiger partial charge in [0, 0.05) is 19.6 Å². The first-order chi connectivity index (χ1) is 8.69. The Bertz CT molecular complexity index is 431. The van der Waals surface area contributed by atoms with Gasteiger partial charge in [0.2, 0.25) is 0 Å². The molecule has 0 saturated heterocycles. The zero-order chi connectivity index (χ0) is 13.0. The molecule has 0 radical (unpaired) electrons. The Morgan fingerprint density at radius 3 is 3.06 bits per heavy atom. The van der Waals surface area contributed by atoms with Crippen LogP contribution >= 0.6 is 0 Å². The van der Waals surface area contributed by atoms with Crippen molar-refractivity contribution in [3.05, 3.63) is 29.3 Å². The average molecular weight is 249 g/mol. The Morgan fingerprint density at radius 2 is 2.28 bits per heavy atom. The first-order valence-corrected chi connectivity index (χ1v) is 6.38. The van der Waals surface area contributed by atoms with Gasteiger partial charge in [0.25, 0.3) is 0 Å². The number of rotatable bonds is 4. The molecule has 1 aliphatic heterocycles. The minimum absolute atomic E-state index is 0.131. The van der Waals surface area contributed by atoms with Gasteiger partial charge >= 0.3 is 5.97 Å². The summed E-state index contributed by atoms with van der Waals surface area (Å²) >= 11 is 0. The first kappa shape index (κ1) is 12.9. The number of carbonyl (C=O) groups excluding carboxylic acids is 1. The Morgan fingerprint density at radius 1 is 1.44 bits per heavy atom. The van der Waals surface area contributed by atoms with Crippen molar-refractivity contribution < 1.29 is 14.6 Å². The highest BCUT2D eigenvalue weighted by atomic mass is 16.5. The molecule has 0 aromatic heterocycles. The molecule has 0 aliphatic carbocycles. The summed E-state index contributed by atoms with van der Waals surface area (Å²) < 4.78 is 4.92. The molecule has 0 amide bonds. The van der Waals surface area contributed by atoms with Crippen molar-refractivity contribution in [2.24, 2.45) is 0 Å². The van der Waals surface area contributed by atoms with E-state index in [1.165, 1.54) is 11.1 Å². The third kappa shape index (κ3) is 3.23. The molecule has 98 valence electrons. The largest absolute Gasteiger partial charge is 0.508 e. The van der Waals surface area contributed by atoms with E-state index in [2.05, 4.69) is 4.90 Å². The number of aromatic hydroxyl groups is 1. The van der Waals surface area contributed by atoms with E-state index in [1.54, 1.807) is 6.07 Å². The Kier molecular flexibility index (Phi) is 4.20. The number of carbonyl (C=O) groups is 1. The molecule has 1 aromatic carbocycles. The van der Waals surface area contributed by atoms with Crippen LogP contribution in [-0.2, 0) is 22.5 Å². The van der Waals surface area contributed by atoms with E-state index >= 15 is 0 Å². The van der Waals surface area contributed by atoms with Gasteiger partial charge < -0.3 is 9.84 Å². The van der Waals surface area contributed by atoms with Crippen LogP contribution in [0, 0.1) is 0 Å². The maximum atomic E-state index is 11.3. The van der Waals surface area contributed by atoms with Crippen LogP contribution < -0.4 is 0 Å². The van der Waals surface area contributed by atoms with E-state index < -0.39 is 0 Å². The summed E-state index contributed by atoms with van der Waals surface area (Å²) in [6.45, 7) is 4.77. The topological polar surface area (TPSA) is 49.8 Å². The van der Waals surface area contributed by atoms with Gasteiger partial charge in [0.15, 0.2) is 0 Å². The molecule has 1 aliphatic rings. The number of phenols is 1. The molecule has 0 saturated carbocycles. The summed E-state index contributed by atoms with van der Waals surface area (Å²) in [4.78, 5) is 13.5. The maximum absolute atomic E-state index is 11.3. The lowest BCUT2D eigenvalue weighted by Gasteiger charge is -2.28. The van der Waals surface area contributed by atoms with Gasteiger partial charge in [0.1, 0.15) is 5.75 Å². The molecule has 1 N–H and O–H groups in total. The highest BCUT2D eigenvalue weighted by molar-refractivity contribution is 5.69. The second-order valence-electron chi connectivity index (χ2n) is 4.53. The van der Waals surface area contributed by atoms with Crippen LogP contribution in [-0.4, -0.2) is 35.7 Å². The van der Waals surface area contributed by atoms with Crippen molar-refractivity contribution in [2.75, 3.05) is 19.7 Å². The number of benzene rings is 1. The summed E-state index contributed by atoms with van der Waals surface area (Å²) in [6.07, 6.45) is 1.37. The van der Waals surface area contributed by atoms with Crippen LogP contribution in [0.2, 0.25) is 0 Å². The van der Waals surface area contributed by atoms with Gasteiger partial charge in [-0.05, 0) is 36.6 Å². The number of esters is 1. The Balaban J connectivity index is 1.88. The zero-order valence-corrected chi connectivity index (χ0v) is 10.7. The smallest absolute Gasteiger partial charge is 0.307 e. The molecule has 18 heavy (non-hydrogen) atoms. The van der Waals surface area contributed by atoms with E-state index in [-0.39, 0.29) is 5.97 Å². The quantitative estimate of drug-likeness (QED) is 0.825. The van der Waals surface area contributed by atoms with E-state index in [9.17, 15) is 9.90 Å². The second-order valence-corrected chi connectivity index (χ2v) is 4.53. The van der Waals surface area contributed by atoms with E-state index in [4.69, 9.17) is 4.74 Å². The van der Waals surface area contributed by atoms with Crippen LogP contribution in [0.15, 0.2) is 18.2 Å². The van der Waals surface area contributed by atoms with Crippen molar-refractivity contribution in [1.82, 2.24) is 4.90 Å². The van der Waals surface area contributed by atoms with Gasteiger partial charge in [0.05, 0.1) is 13.0 Å². The number of hydrogen-bond donors (Lipinski definition) is 1. The van der Waals surface area contributed by atoms with E-state index in [0.29, 0.717) is 18.8 Å². The Labute approximate surface area is 107 Å². The van der Waals surface area contributed by atoms with Crippen LogP contribution in [0.4, 0.5) is 0 Å². The molecule has 0 unspecified atom stereocenters. The van der Waals surface area contributed by atoms with Crippen LogP contribution in [0.5, 0.6) is 5.75 Å². The number of phenolic OH excluding ortho intramolecular Hbond substituents is 1. The third-order valence-electron chi connectivity index (χ3n) is 3.22. The van der Waals surface area contributed by atoms with Crippen molar-refractivity contribution in [3.8, 4) is 5.75 Å². The highest BCUT2D eigenvalue weighted by Crippen LogP contribution is 2.22. The minimum atomic E-state index is -0.131. The minimum Gasteiger partial charge on any atom is -0.508 e. The van der Waals surface area contributed by atoms with Gasteiger partial charge in [-0.2, -0.15) is 0 Å². The summed E-state index contributed by atoms with van der Waals surface area (Å²) in [5.74, 6) is 0.197. The lowest BCUT2D eigenvalue weighted by molar-refractivity contribution is -0.143. The lowest BCUT2D eigenvalue weighted by atomic mass is 9.99. The molecule has 1 heterocycles. The van der Waals surface area contributed by atoms with Crippen molar-refractivity contribution in [2.45, 2.75) is 26.3 Å². The fourth-order valence-corrected chi connectivity index (χ4v) is 2.27. The number of nitrogens with zero attached hydrogens (tertiary/aromatic N) is 1. The van der Waals surface area contributed by atoms with Gasteiger partial charge in [-0.15, -0.1) is 0 Å². The fourth-order valence-electron chi connectivity index (χ4n) is 2.27. The summed E-state index contributed by atoms with van der Waals surface area (Å²) in [6, 6.07) is 5.51. The number of fused-ring (bicyclic) bond motifs is 1. The van der Waals surface area contributed by atoms with Crippen molar-refractivity contribution in [1.29, 1.82) is 0 Å². The molecule has 2 rings (SSSR count). The maximum Gasteiger partial charge on any atom is 0.307 e.